The lowest BCUT2D eigenvalue weighted by molar-refractivity contribution is -0.138. The fourth-order valence-electron chi connectivity index (χ4n) is 1.13. The summed E-state index contributed by atoms with van der Waals surface area (Å²) in [5.41, 5.74) is 6.19. The third kappa shape index (κ3) is 4.98. The van der Waals surface area contributed by atoms with E-state index in [0.29, 0.717) is 6.54 Å². The van der Waals surface area contributed by atoms with Crippen molar-refractivity contribution in [2.24, 2.45) is 5.73 Å². The molecule has 0 radical (unpaired) electrons. The zero-order chi connectivity index (χ0) is 12.7. The van der Waals surface area contributed by atoms with E-state index in [1.807, 2.05) is 30.3 Å². The second-order valence-corrected chi connectivity index (χ2v) is 3.49. The van der Waals surface area contributed by atoms with Crippen molar-refractivity contribution >= 4 is 12.0 Å². The number of rotatable bonds is 5. The van der Waals surface area contributed by atoms with Crippen molar-refractivity contribution in [3.63, 3.8) is 0 Å². The Morgan fingerprint density at radius 3 is 2.47 bits per heavy atom. The van der Waals surface area contributed by atoms with E-state index in [0.717, 1.165) is 5.56 Å². The largest absolute Gasteiger partial charge is 0.480 e. The Morgan fingerprint density at radius 1 is 1.24 bits per heavy atom. The number of nitrogens with one attached hydrogen (secondary N) is 2. The molecular weight excluding hydrogens is 222 g/mol. The normalized spacial score (nSPS) is 11.6. The molecule has 0 aliphatic carbocycles. The third-order valence-corrected chi connectivity index (χ3v) is 2.10. The maximum absolute atomic E-state index is 11.3. The van der Waals surface area contributed by atoms with Gasteiger partial charge in [-0.05, 0) is 5.56 Å². The van der Waals surface area contributed by atoms with E-state index >= 15 is 0 Å². The highest BCUT2D eigenvalue weighted by Crippen LogP contribution is 1.96. The molecule has 1 rings (SSSR count). The summed E-state index contributed by atoms with van der Waals surface area (Å²) in [6.07, 6.45) is 0. The van der Waals surface area contributed by atoms with Crippen LogP contribution in [0, 0.1) is 0 Å². The number of carboxylic acids is 1. The number of hydrogen-bond acceptors (Lipinski definition) is 3. The molecule has 0 aromatic heterocycles. The quantitative estimate of drug-likeness (QED) is 0.574. The zero-order valence-electron chi connectivity index (χ0n) is 9.22. The van der Waals surface area contributed by atoms with Crippen LogP contribution < -0.4 is 16.4 Å². The number of carbonyl (C=O) groups excluding carboxylic acids is 1. The molecule has 0 saturated heterocycles. The summed E-state index contributed by atoms with van der Waals surface area (Å²) in [5, 5.41) is 13.5. The summed E-state index contributed by atoms with van der Waals surface area (Å²) in [5.74, 6) is -1.15. The van der Waals surface area contributed by atoms with Crippen LogP contribution in [0.4, 0.5) is 4.79 Å². The molecule has 1 aromatic carbocycles. The molecule has 5 N–H and O–H groups in total. The molecule has 0 spiro atoms. The van der Waals surface area contributed by atoms with Gasteiger partial charge in [-0.15, -0.1) is 0 Å². The van der Waals surface area contributed by atoms with Gasteiger partial charge in [0.2, 0.25) is 0 Å². The summed E-state index contributed by atoms with van der Waals surface area (Å²) < 4.78 is 0. The summed E-state index contributed by atoms with van der Waals surface area (Å²) >= 11 is 0. The SMILES string of the molecule is NC(CNC(=O)NCc1ccccc1)C(=O)O. The predicted molar refractivity (Wildman–Crippen MR) is 62.3 cm³/mol. The number of benzene rings is 1. The monoisotopic (exact) mass is 237 g/mol. The van der Waals surface area contributed by atoms with Gasteiger partial charge in [0, 0.05) is 13.1 Å². The van der Waals surface area contributed by atoms with E-state index in [9.17, 15) is 9.59 Å². The number of urea groups is 1. The molecule has 1 aromatic rings. The highest BCUT2D eigenvalue weighted by molar-refractivity contribution is 5.77. The van der Waals surface area contributed by atoms with Gasteiger partial charge in [-0.2, -0.15) is 0 Å². The molecular formula is C11H15N3O3. The van der Waals surface area contributed by atoms with Crippen LogP contribution in [-0.4, -0.2) is 29.7 Å². The lowest BCUT2D eigenvalue weighted by atomic mass is 10.2. The maximum atomic E-state index is 11.3. The minimum Gasteiger partial charge on any atom is -0.480 e. The second-order valence-electron chi connectivity index (χ2n) is 3.49. The Balaban J connectivity index is 2.24. The molecule has 1 atom stereocenters. The first-order valence-corrected chi connectivity index (χ1v) is 5.13. The highest BCUT2D eigenvalue weighted by atomic mass is 16.4. The fraction of sp³-hybridized carbons (Fsp3) is 0.273. The Hall–Kier alpha value is -2.08. The van der Waals surface area contributed by atoms with Crippen molar-refractivity contribution in [1.82, 2.24) is 10.6 Å². The molecule has 0 aliphatic heterocycles. The predicted octanol–water partition coefficient (Wildman–Crippen LogP) is -0.102. The van der Waals surface area contributed by atoms with E-state index in [1.165, 1.54) is 0 Å². The van der Waals surface area contributed by atoms with Gasteiger partial charge in [-0.25, -0.2) is 4.79 Å². The number of amides is 2. The van der Waals surface area contributed by atoms with Crippen LogP contribution in [-0.2, 0) is 11.3 Å². The van der Waals surface area contributed by atoms with Gasteiger partial charge in [0.1, 0.15) is 6.04 Å². The third-order valence-electron chi connectivity index (χ3n) is 2.10. The Labute approximate surface area is 98.8 Å². The summed E-state index contributed by atoms with van der Waals surface area (Å²) in [6.45, 7) is 0.283. The molecule has 0 aliphatic rings. The van der Waals surface area contributed by atoms with Gasteiger partial charge in [0.05, 0.1) is 0 Å². The average Bonchev–Trinajstić information content (AvgIpc) is 2.34. The fourth-order valence-corrected chi connectivity index (χ4v) is 1.13. The van der Waals surface area contributed by atoms with Gasteiger partial charge in [0.15, 0.2) is 0 Å². The highest BCUT2D eigenvalue weighted by Gasteiger charge is 2.11. The zero-order valence-corrected chi connectivity index (χ0v) is 9.22. The van der Waals surface area contributed by atoms with E-state index in [4.69, 9.17) is 10.8 Å². The van der Waals surface area contributed by atoms with Crippen LogP contribution in [0.2, 0.25) is 0 Å². The first-order chi connectivity index (χ1) is 8.09. The molecule has 0 saturated carbocycles. The van der Waals surface area contributed by atoms with Crippen molar-refractivity contribution in [3.8, 4) is 0 Å². The van der Waals surface area contributed by atoms with Crippen LogP contribution in [0.15, 0.2) is 30.3 Å². The second kappa shape index (κ2) is 6.49. The Bertz CT molecular complexity index is 381. The van der Waals surface area contributed by atoms with Crippen LogP contribution >= 0.6 is 0 Å². The first-order valence-electron chi connectivity index (χ1n) is 5.13. The summed E-state index contributed by atoms with van der Waals surface area (Å²) in [4.78, 5) is 21.7. The molecule has 92 valence electrons. The smallest absolute Gasteiger partial charge is 0.322 e. The molecule has 6 heteroatoms. The van der Waals surface area contributed by atoms with Crippen molar-refractivity contribution in [2.75, 3.05) is 6.54 Å². The standard InChI is InChI=1S/C11H15N3O3/c12-9(10(15)16)7-14-11(17)13-6-8-4-2-1-3-5-8/h1-5,9H,6-7,12H2,(H,15,16)(H2,13,14,17). The van der Waals surface area contributed by atoms with Crippen molar-refractivity contribution in [2.45, 2.75) is 12.6 Å². The van der Waals surface area contributed by atoms with Gasteiger partial charge in [-0.1, -0.05) is 30.3 Å². The molecule has 1 unspecified atom stereocenters. The van der Waals surface area contributed by atoms with E-state index in [1.54, 1.807) is 0 Å². The molecule has 0 bridgehead atoms. The maximum Gasteiger partial charge on any atom is 0.322 e. The number of aliphatic carboxylic acids is 1. The topological polar surface area (TPSA) is 104 Å². The minimum atomic E-state index is -1.15. The molecule has 17 heavy (non-hydrogen) atoms. The van der Waals surface area contributed by atoms with Gasteiger partial charge in [0.25, 0.3) is 0 Å². The average molecular weight is 237 g/mol. The Morgan fingerprint density at radius 2 is 1.88 bits per heavy atom. The molecule has 6 nitrogen and oxygen atoms in total. The number of carbonyl (C=O) groups is 2. The van der Waals surface area contributed by atoms with Gasteiger partial charge >= 0.3 is 12.0 Å². The van der Waals surface area contributed by atoms with Gasteiger partial charge < -0.3 is 21.5 Å². The summed E-state index contributed by atoms with van der Waals surface area (Å²) in [7, 11) is 0. The van der Waals surface area contributed by atoms with Crippen LogP contribution in [0.25, 0.3) is 0 Å². The van der Waals surface area contributed by atoms with E-state index in [2.05, 4.69) is 10.6 Å². The molecule has 0 fully saturated rings. The summed E-state index contributed by atoms with van der Waals surface area (Å²) in [6, 6.07) is 7.86. The first kappa shape index (κ1) is 13.0. The lowest BCUT2D eigenvalue weighted by Gasteiger charge is -2.09. The van der Waals surface area contributed by atoms with Crippen LogP contribution in [0.3, 0.4) is 0 Å². The van der Waals surface area contributed by atoms with Crippen LogP contribution in [0.5, 0.6) is 0 Å². The Kier molecular flexibility index (Phi) is 4.96. The van der Waals surface area contributed by atoms with E-state index in [-0.39, 0.29) is 6.54 Å². The number of nitrogens with two attached hydrogens (primary N) is 1. The van der Waals surface area contributed by atoms with Crippen LogP contribution in [0.1, 0.15) is 5.56 Å². The van der Waals surface area contributed by atoms with Gasteiger partial charge in [-0.3, -0.25) is 4.79 Å². The molecule has 2 amide bonds. The number of hydrogen-bond donors (Lipinski definition) is 4. The lowest BCUT2D eigenvalue weighted by Crippen LogP contribution is -2.45. The van der Waals surface area contributed by atoms with Crippen molar-refractivity contribution < 1.29 is 14.7 Å². The minimum absolute atomic E-state index is 0.101. The van der Waals surface area contributed by atoms with Crippen molar-refractivity contribution in [3.05, 3.63) is 35.9 Å². The van der Waals surface area contributed by atoms with Crippen molar-refractivity contribution in [1.29, 1.82) is 0 Å². The molecule has 0 heterocycles. The van der Waals surface area contributed by atoms with E-state index < -0.39 is 18.0 Å². The number of carboxylic acid groups (broad SMARTS) is 1.